The van der Waals surface area contributed by atoms with Crippen LogP contribution in [-0.4, -0.2) is 83.2 Å². The number of phenolic OH excluding ortho intramolecular Hbond substituents is 1. The summed E-state index contributed by atoms with van der Waals surface area (Å²) in [6.07, 6.45) is 5.29. The number of amides is 3. The summed E-state index contributed by atoms with van der Waals surface area (Å²) < 4.78 is 0. The highest BCUT2D eigenvalue weighted by Crippen LogP contribution is 2.13. The van der Waals surface area contributed by atoms with Gasteiger partial charge in [-0.15, -0.1) is 0 Å². The number of aromatic hydroxyl groups is 1. The van der Waals surface area contributed by atoms with Crippen molar-refractivity contribution in [2.45, 2.75) is 75.5 Å². The summed E-state index contributed by atoms with van der Waals surface area (Å²) in [6.45, 7) is 0.878. The lowest BCUT2D eigenvalue weighted by molar-refractivity contribution is -0.142. The normalized spacial score (nSPS) is 14.1. The molecular weight excluding hydrogens is 524 g/mol. The standard InChI is InChI=1S/C26H44N6O6S/c1-39-15-12-21(26(37)38)31-24(35)20(7-3-5-14-28)30-25(36)22(16-17-8-10-18(33)11-9-17)32-23(34)19(29)6-2-4-13-27/h8-11,19-22,33H,2-7,12-16,27-29H2,1H3,(H,30,36)(H,31,35)(H,32,34)(H,37,38). The van der Waals surface area contributed by atoms with Crippen molar-refractivity contribution in [1.29, 1.82) is 0 Å². The monoisotopic (exact) mass is 568 g/mol. The van der Waals surface area contributed by atoms with Crippen LogP contribution in [0.1, 0.15) is 50.5 Å². The molecule has 1 aromatic carbocycles. The van der Waals surface area contributed by atoms with Crippen LogP contribution in [0.2, 0.25) is 0 Å². The Labute approximate surface area is 234 Å². The third-order valence-electron chi connectivity index (χ3n) is 6.12. The van der Waals surface area contributed by atoms with Crippen molar-refractivity contribution >= 4 is 35.5 Å². The van der Waals surface area contributed by atoms with E-state index in [9.17, 15) is 29.4 Å². The molecule has 39 heavy (non-hydrogen) atoms. The van der Waals surface area contributed by atoms with E-state index < -0.39 is 47.9 Å². The Balaban J connectivity index is 3.09. The van der Waals surface area contributed by atoms with Crippen LogP contribution in [0.5, 0.6) is 5.75 Å². The Hall–Kier alpha value is -2.87. The molecule has 0 aliphatic rings. The van der Waals surface area contributed by atoms with Crippen LogP contribution < -0.4 is 33.2 Å². The number of nitrogens with two attached hydrogens (primary N) is 3. The molecule has 0 aromatic heterocycles. The lowest BCUT2D eigenvalue weighted by Gasteiger charge is -2.25. The highest BCUT2D eigenvalue weighted by molar-refractivity contribution is 7.98. The number of hydrogen-bond donors (Lipinski definition) is 8. The number of benzene rings is 1. The van der Waals surface area contributed by atoms with Crippen LogP contribution in [0.4, 0.5) is 0 Å². The second-order valence-electron chi connectivity index (χ2n) is 9.35. The third-order valence-corrected chi connectivity index (χ3v) is 6.76. The maximum absolute atomic E-state index is 13.4. The molecule has 0 spiro atoms. The Morgan fingerprint density at radius 1 is 0.795 bits per heavy atom. The van der Waals surface area contributed by atoms with E-state index in [1.165, 1.54) is 23.9 Å². The lowest BCUT2D eigenvalue weighted by atomic mass is 10.0. The van der Waals surface area contributed by atoms with Gasteiger partial charge in [-0.05, 0) is 81.3 Å². The average Bonchev–Trinajstić information content (AvgIpc) is 2.90. The Bertz CT molecular complexity index is 903. The fourth-order valence-electron chi connectivity index (χ4n) is 3.79. The topological polar surface area (TPSA) is 223 Å². The molecule has 0 heterocycles. The third kappa shape index (κ3) is 13.7. The largest absolute Gasteiger partial charge is 0.508 e. The summed E-state index contributed by atoms with van der Waals surface area (Å²) in [5, 5.41) is 27.0. The molecule has 0 aliphatic heterocycles. The molecular formula is C26H44N6O6S. The van der Waals surface area contributed by atoms with Crippen molar-refractivity contribution in [3.63, 3.8) is 0 Å². The minimum absolute atomic E-state index is 0.0526. The van der Waals surface area contributed by atoms with Gasteiger partial charge in [-0.2, -0.15) is 11.8 Å². The van der Waals surface area contributed by atoms with E-state index in [-0.39, 0.29) is 25.0 Å². The Kier molecular flexibility index (Phi) is 16.8. The quantitative estimate of drug-likeness (QED) is 0.0968. The molecule has 220 valence electrons. The van der Waals surface area contributed by atoms with E-state index in [1.807, 2.05) is 6.26 Å². The molecule has 0 aliphatic carbocycles. The zero-order valence-electron chi connectivity index (χ0n) is 22.6. The number of phenols is 1. The lowest BCUT2D eigenvalue weighted by Crippen LogP contribution is -2.57. The number of nitrogens with one attached hydrogen (secondary N) is 3. The molecule has 11 N–H and O–H groups in total. The number of carboxylic acid groups (broad SMARTS) is 1. The van der Waals surface area contributed by atoms with E-state index in [4.69, 9.17) is 17.2 Å². The predicted octanol–water partition coefficient (Wildman–Crippen LogP) is -0.188. The fraction of sp³-hybridized carbons (Fsp3) is 0.615. The van der Waals surface area contributed by atoms with Gasteiger partial charge in [-0.3, -0.25) is 14.4 Å². The molecule has 13 heteroatoms. The van der Waals surface area contributed by atoms with Crippen LogP contribution in [0.15, 0.2) is 24.3 Å². The van der Waals surface area contributed by atoms with Crippen molar-refractivity contribution in [3.8, 4) is 5.75 Å². The SMILES string of the molecule is CSCCC(NC(=O)C(CCCCN)NC(=O)C(Cc1ccc(O)cc1)NC(=O)C(N)CCCCN)C(=O)O. The zero-order chi connectivity index (χ0) is 29.2. The average molecular weight is 569 g/mol. The van der Waals surface area contributed by atoms with Crippen LogP contribution >= 0.6 is 11.8 Å². The van der Waals surface area contributed by atoms with Gasteiger partial charge in [0.2, 0.25) is 17.7 Å². The maximum Gasteiger partial charge on any atom is 0.326 e. The molecule has 0 fully saturated rings. The van der Waals surface area contributed by atoms with E-state index in [1.54, 1.807) is 12.1 Å². The van der Waals surface area contributed by atoms with E-state index >= 15 is 0 Å². The molecule has 0 bridgehead atoms. The smallest absolute Gasteiger partial charge is 0.326 e. The summed E-state index contributed by atoms with van der Waals surface area (Å²) in [4.78, 5) is 50.9. The molecule has 3 amide bonds. The first-order valence-corrected chi connectivity index (χ1v) is 14.6. The number of carboxylic acids is 1. The van der Waals surface area contributed by atoms with Crippen molar-refractivity contribution in [2.24, 2.45) is 17.2 Å². The zero-order valence-corrected chi connectivity index (χ0v) is 23.4. The molecule has 4 unspecified atom stereocenters. The van der Waals surface area contributed by atoms with E-state index in [0.29, 0.717) is 56.5 Å². The molecule has 0 saturated heterocycles. The fourth-order valence-corrected chi connectivity index (χ4v) is 4.27. The highest BCUT2D eigenvalue weighted by atomic mass is 32.2. The van der Waals surface area contributed by atoms with Gasteiger partial charge in [0.25, 0.3) is 0 Å². The molecule has 1 rings (SSSR count). The summed E-state index contributed by atoms with van der Waals surface area (Å²) in [7, 11) is 0. The first-order valence-electron chi connectivity index (χ1n) is 13.2. The first-order chi connectivity index (χ1) is 18.6. The molecule has 12 nitrogen and oxygen atoms in total. The van der Waals surface area contributed by atoms with E-state index in [0.717, 1.165) is 0 Å². The molecule has 4 atom stereocenters. The molecule has 0 saturated carbocycles. The summed E-state index contributed by atoms with van der Waals surface area (Å²) >= 11 is 1.46. The van der Waals surface area contributed by atoms with E-state index in [2.05, 4.69) is 16.0 Å². The van der Waals surface area contributed by atoms with Crippen molar-refractivity contribution < 1.29 is 29.4 Å². The van der Waals surface area contributed by atoms with Crippen LogP contribution in [0, 0.1) is 0 Å². The molecule has 1 aromatic rings. The first kappa shape index (κ1) is 34.2. The summed E-state index contributed by atoms with van der Waals surface area (Å²) in [5.74, 6) is -2.33. The van der Waals surface area contributed by atoms with Gasteiger partial charge < -0.3 is 43.4 Å². The van der Waals surface area contributed by atoms with Gasteiger partial charge in [-0.25, -0.2) is 4.79 Å². The minimum atomic E-state index is -1.16. The van der Waals surface area contributed by atoms with Gasteiger partial charge in [0, 0.05) is 6.42 Å². The number of unbranched alkanes of at least 4 members (excludes halogenated alkanes) is 2. The number of aliphatic carboxylic acids is 1. The van der Waals surface area contributed by atoms with Gasteiger partial charge in [0.1, 0.15) is 23.9 Å². The van der Waals surface area contributed by atoms with Gasteiger partial charge in [-0.1, -0.05) is 18.6 Å². The van der Waals surface area contributed by atoms with Crippen LogP contribution in [0.3, 0.4) is 0 Å². The van der Waals surface area contributed by atoms with Gasteiger partial charge >= 0.3 is 5.97 Å². The number of carbonyl (C=O) groups excluding carboxylic acids is 3. The second-order valence-corrected chi connectivity index (χ2v) is 10.3. The predicted molar refractivity (Wildman–Crippen MR) is 152 cm³/mol. The highest BCUT2D eigenvalue weighted by Gasteiger charge is 2.30. The maximum atomic E-state index is 13.4. The Morgan fingerprint density at radius 3 is 1.90 bits per heavy atom. The minimum Gasteiger partial charge on any atom is -0.508 e. The second kappa shape index (κ2) is 19.2. The van der Waals surface area contributed by atoms with Crippen LogP contribution in [-0.2, 0) is 25.6 Å². The van der Waals surface area contributed by atoms with Crippen molar-refractivity contribution in [1.82, 2.24) is 16.0 Å². The van der Waals surface area contributed by atoms with Crippen LogP contribution in [0.25, 0.3) is 0 Å². The number of thioether (sulfide) groups is 1. The van der Waals surface area contributed by atoms with Gasteiger partial charge in [0.05, 0.1) is 6.04 Å². The van der Waals surface area contributed by atoms with Crippen molar-refractivity contribution in [2.75, 3.05) is 25.1 Å². The molecule has 0 radical (unpaired) electrons. The number of carbonyl (C=O) groups is 4. The van der Waals surface area contributed by atoms with Crippen molar-refractivity contribution in [3.05, 3.63) is 29.8 Å². The number of hydrogen-bond acceptors (Lipinski definition) is 9. The number of rotatable bonds is 20. The van der Waals surface area contributed by atoms with Gasteiger partial charge in [0.15, 0.2) is 0 Å². The summed E-state index contributed by atoms with van der Waals surface area (Å²) in [6, 6.07) is 2.13. The summed E-state index contributed by atoms with van der Waals surface area (Å²) in [5.41, 5.74) is 17.8. The Morgan fingerprint density at radius 2 is 1.33 bits per heavy atom.